The molecule has 1 amide bonds. The number of amides is 1. The molecule has 1 aromatic rings. The largest absolute Gasteiger partial charge is 0.465 e. The van der Waals surface area contributed by atoms with Gasteiger partial charge in [-0.1, -0.05) is 0 Å². The van der Waals surface area contributed by atoms with Gasteiger partial charge in [0.2, 0.25) is 0 Å². The summed E-state index contributed by atoms with van der Waals surface area (Å²) in [6.07, 6.45) is -0.922. The number of rotatable bonds is 2. The van der Waals surface area contributed by atoms with Gasteiger partial charge in [-0.25, -0.2) is 9.78 Å². The van der Waals surface area contributed by atoms with Crippen LogP contribution in [0, 0.1) is 0 Å². The predicted octanol–water partition coefficient (Wildman–Crippen LogP) is 3.18. The minimum Gasteiger partial charge on any atom is -0.465 e. The van der Waals surface area contributed by atoms with Crippen molar-refractivity contribution in [3.05, 3.63) is 15.0 Å². The molecule has 0 aliphatic heterocycles. The van der Waals surface area contributed by atoms with Crippen LogP contribution < -0.4 is 0 Å². The SMILES string of the molecule is CC(C)(C)N(Cc1nc(Br)cs1)C(=O)O. The first-order valence-electron chi connectivity index (χ1n) is 4.41. The molecule has 0 fully saturated rings. The summed E-state index contributed by atoms with van der Waals surface area (Å²) < 4.78 is 0.752. The molecule has 0 spiro atoms. The zero-order chi connectivity index (χ0) is 11.6. The van der Waals surface area contributed by atoms with Crippen LogP contribution >= 0.6 is 27.3 Å². The molecule has 0 aliphatic rings. The van der Waals surface area contributed by atoms with Crippen LogP contribution in [-0.2, 0) is 6.54 Å². The molecule has 4 nitrogen and oxygen atoms in total. The average Bonchev–Trinajstić information content (AvgIpc) is 2.44. The summed E-state index contributed by atoms with van der Waals surface area (Å²) in [6, 6.07) is 0. The third-order valence-electron chi connectivity index (χ3n) is 1.86. The van der Waals surface area contributed by atoms with Crippen LogP contribution in [-0.4, -0.2) is 26.6 Å². The van der Waals surface area contributed by atoms with E-state index in [9.17, 15) is 4.79 Å². The lowest BCUT2D eigenvalue weighted by Gasteiger charge is -2.32. The molecule has 15 heavy (non-hydrogen) atoms. The van der Waals surface area contributed by atoms with E-state index in [1.807, 2.05) is 26.2 Å². The van der Waals surface area contributed by atoms with E-state index in [0.29, 0.717) is 6.54 Å². The highest BCUT2D eigenvalue weighted by Crippen LogP contribution is 2.21. The maximum atomic E-state index is 11.0. The molecule has 0 radical (unpaired) electrons. The van der Waals surface area contributed by atoms with E-state index < -0.39 is 11.6 Å². The van der Waals surface area contributed by atoms with Crippen molar-refractivity contribution in [2.24, 2.45) is 0 Å². The van der Waals surface area contributed by atoms with Crippen molar-refractivity contribution in [1.82, 2.24) is 9.88 Å². The standard InChI is InChI=1S/C9H13BrN2O2S/c1-9(2,3)12(8(13)14)4-7-11-6(10)5-15-7/h5H,4H2,1-3H3,(H,13,14). The Labute approximate surface area is 101 Å². The lowest BCUT2D eigenvalue weighted by atomic mass is 10.1. The van der Waals surface area contributed by atoms with E-state index in [-0.39, 0.29) is 0 Å². The van der Waals surface area contributed by atoms with Crippen LogP contribution in [0.3, 0.4) is 0 Å². The van der Waals surface area contributed by atoms with Crippen LogP contribution in [0.1, 0.15) is 25.8 Å². The van der Waals surface area contributed by atoms with Crippen molar-refractivity contribution >= 4 is 33.4 Å². The number of hydrogen-bond acceptors (Lipinski definition) is 3. The first-order chi connectivity index (χ1) is 6.80. The van der Waals surface area contributed by atoms with Crippen molar-refractivity contribution in [3.63, 3.8) is 0 Å². The van der Waals surface area contributed by atoms with Gasteiger partial charge in [-0.05, 0) is 36.7 Å². The normalized spacial score (nSPS) is 11.5. The van der Waals surface area contributed by atoms with Gasteiger partial charge in [-0.15, -0.1) is 11.3 Å². The lowest BCUT2D eigenvalue weighted by molar-refractivity contribution is 0.0955. The molecule has 0 saturated heterocycles. The van der Waals surface area contributed by atoms with E-state index in [0.717, 1.165) is 9.61 Å². The number of carboxylic acid groups (broad SMARTS) is 1. The van der Waals surface area contributed by atoms with E-state index >= 15 is 0 Å². The molecule has 1 aromatic heterocycles. The van der Waals surface area contributed by atoms with Crippen molar-refractivity contribution in [3.8, 4) is 0 Å². The fourth-order valence-electron chi connectivity index (χ4n) is 1.09. The van der Waals surface area contributed by atoms with Gasteiger partial charge in [0.05, 0.1) is 6.54 Å². The molecule has 0 bridgehead atoms. The third-order valence-corrected chi connectivity index (χ3v) is 3.40. The average molecular weight is 293 g/mol. The Morgan fingerprint density at radius 1 is 1.67 bits per heavy atom. The zero-order valence-corrected chi connectivity index (χ0v) is 11.2. The van der Waals surface area contributed by atoms with Gasteiger partial charge in [0.1, 0.15) is 9.61 Å². The van der Waals surface area contributed by atoms with E-state index in [1.165, 1.54) is 16.2 Å². The number of halogens is 1. The molecular weight excluding hydrogens is 280 g/mol. The Hall–Kier alpha value is -0.620. The summed E-state index contributed by atoms with van der Waals surface area (Å²) in [7, 11) is 0. The first-order valence-corrected chi connectivity index (χ1v) is 6.08. The molecule has 1 N–H and O–H groups in total. The summed E-state index contributed by atoms with van der Waals surface area (Å²) in [5, 5.41) is 11.7. The Balaban J connectivity index is 2.81. The quantitative estimate of drug-likeness (QED) is 0.911. The molecular formula is C9H13BrN2O2S. The summed E-state index contributed by atoms with van der Waals surface area (Å²) in [6.45, 7) is 5.92. The highest BCUT2D eigenvalue weighted by atomic mass is 79.9. The Morgan fingerprint density at radius 2 is 2.27 bits per heavy atom. The highest BCUT2D eigenvalue weighted by Gasteiger charge is 2.26. The molecule has 0 aliphatic carbocycles. The van der Waals surface area contributed by atoms with Gasteiger partial charge in [-0.2, -0.15) is 0 Å². The van der Waals surface area contributed by atoms with E-state index in [1.54, 1.807) is 0 Å². The van der Waals surface area contributed by atoms with Gasteiger partial charge in [0, 0.05) is 10.9 Å². The van der Waals surface area contributed by atoms with Crippen LogP contribution in [0.2, 0.25) is 0 Å². The van der Waals surface area contributed by atoms with Crippen LogP contribution in [0.15, 0.2) is 9.98 Å². The minimum atomic E-state index is -0.922. The highest BCUT2D eigenvalue weighted by molar-refractivity contribution is 9.10. The van der Waals surface area contributed by atoms with E-state index in [2.05, 4.69) is 20.9 Å². The number of hydrogen-bond donors (Lipinski definition) is 1. The maximum absolute atomic E-state index is 11.0. The van der Waals surface area contributed by atoms with Crippen LogP contribution in [0.25, 0.3) is 0 Å². The summed E-state index contributed by atoms with van der Waals surface area (Å²) in [5.74, 6) is 0. The van der Waals surface area contributed by atoms with E-state index in [4.69, 9.17) is 5.11 Å². The summed E-state index contributed by atoms with van der Waals surface area (Å²) in [5.41, 5.74) is -0.413. The fraction of sp³-hybridized carbons (Fsp3) is 0.556. The molecule has 0 atom stereocenters. The third kappa shape index (κ3) is 3.46. The molecule has 84 valence electrons. The molecule has 6 heteroatoms. The summed E-state index contributed by atoms with van der Waals surface area (Å²) >= 11 is 4.69. The van der Waals surface area contributed by atoms with Crippen LogP contribution in [0.4, 0.5) is 4.79 Å². The van der Waals surface area contributed by atoms with Gasteiger partial charge in [0.15, 0.2) is 0 Å². The van der Waals surface area contributed by atoms with Gasteiger partial charge in [0.25, 0.3) is 0 Å². The van der Waals surface area contributed by atoms with Gasteiger partial charge in [-0.3, -0.25) is 4.90 Å². The van der Waals surface area contributed by atoms with Crippen molar-refractivity contribution < 1.29 is 9.90 Å². The second kappa shape index (κ2) is 4.49. The number of aromatic nitrogens is 1. The number of nitrogens with zero attached hydrogens (tertiary/aromatic N) is 2. The van der Waals surface area contributed by atoms with Crippen molar-refractivity contribution in [2.45, 2.75) is 32.9 Å². The van der Waals surface area contributed by atoms with Gasteiger partial charge < -0.3 is 5.11 Å². The predicted molar refractivity (Wildman–Crippen MR) is 63.1 cm³/mol. The van der Waals surface area contributed by atoms with Gasteiger partial charge >= 0.3 is 6.09 Å². The maximum Gasteiger partial charge on any atom is 0.408 e. The smallest absolute Gasteiger partial charge is 0.408 e. The topological polar surface area (TPSA) is 53.4 Å². The molecule has 1 heterocycles. The fourth-order valence-corrected chi connectivity index (χ4v) is 2.34. The summed E-state index contributed by atoms with van der Waals surface area (Å²) in [4.78, 5) is 16.6. The van der Waals surface area contributed by atoms with Crippen molar-refractivity contribution in [2.75, 3.05) is 0 Å². The molecule has 0 unspecified atom stereocenters. The second-order valence-electron chi connectivity index (χ2n) is 4.10. The Morgan fingerprint density at radius 3 is 2.60 bits per heavy atom. The Kier molecular flexibility index (Phi) is 3.72. The second-order valence-corrected chi connectivity index (χ2v) is 5.86. The lowest BCUT2D eigenvalue weighted by Crippen LogP contribution is -2.44. The minimum absolute atomic E-state index is 0.328. The zero-order valence-electron chi connectivity index (χ0n) is 8.82. The monoisotopic (exact) mass is 292 g/mol. The number of thiazole rings is 1. The Bertz CT molecular complexity index is 359. The number of carbonyl (C=O) groups is 1. The molecule has 0 saturated carbocycles. The first kappa shape index (κ1) is 12.4. The van der Waals surface area contributed by atoms with Crippen molar-refractivity contribution in [1.29, 1.82) is 0 Å². The molecule has 0 aromatic carbocycles. The molecule has 1 rings (SSSR count). The van der Waals surface area contributed by atoms with Crippen LogP contribution in [0.5, 0.6) is 0 Å².